The Morgan fingerprint density at radius 3 is 2.42 bits per heavy atom. The largest absolute Gasteiger partial charge is 0.349 e. The molecule has 0 bridgehead atoms. The zero-order chi connectivity index (χ0) is 18.0. The molecule has 0 fully saturated rings. The van der Waals surface area contributed by atoms with Gasteiger partial charge in [0.1, 0.15) is 0 Å². The molecular formula is C17H26ClN5O. The van der Waals surface area contributed by atoms with Crippen LogP contribution in [0.1, 0.15) is 49.5 Å². The lowest BCUT2D eigenvalue weighted by Crippen LogP contribution is -2.34. The number of halogens is 1. The zero-order valence-electron chi connectivity index (χ0n) is 15.2. The lowest BCUT2D eigenvalue weighted by molar-refractivity contribution is -0.125. The summed E-state index contributed by atoms with van der Waals surface area (Å²) >= 11 is 6.17. The van der Waals surface area contributed by atoms with Crippen LogP contribution in [0.4, 0.5) is 0 Å². The molecule has 0 aliphatic carbocycles. The molecule has 132 valence electrons. The minimum Gasteiger partial charge on any atom is -0.349 e. The number of carbonyl (C=O) groups is 1. The molecule has 0 radical (unpaired) electrons. The molecule has 1 N–H and O–H groups in total. The van der Waals surface area contributed by atoms with Crippen LogP contribution < -0.4 is 5.32 Å². The van der Waals surface area contributed by atoms with Crippen molar-refractivity contribution >= 4 is 17.5 Å². The Morgan fingerprint density at radius 1 is 1.25 bits per heavy atom. The molecule has 2 aromatic rings. The maximum absolute atomic E-state index is 12.5. The molecule has 1 amide bonds. The monoisotopic (exact) mass is 351 g/mol. The standard InChI is InChI=1S/C17H26ClN5O/c1-7-22-13(5)15(8-19-22)11(3)20-17(24)10(2)9-23-14(6)16(18)12(4)21-23/h8,10-11H,7,9H2,1-6H3,(H,20,24). The van der Waals surface area contributed by atoms with Crippen LogP contribution in [0.2, 0.25) is 5.02 Å². The number of amides is 1. The van der Waals surface area contributed by atoms with Gasteiger partial charge in [-0.25, -0.2) is 0 Å². The van der Waals surface area contributed by atoms with Crippen LogP contribution >= 0.6 is 11.6 Å². The molecule has 0 saturated heterocycles. The number of aromatic nitrogens is 4. The van der Waals surface area contributed by atoms with Gasteiger partial charge in [-0.15, -0.1) is 0 Å². The summed E-state index contributed by atoms with van der Waals surface area (Å²) < 4.78 is 3.73. The third kappa shape index (κ3) is 3.64. The van der Waals surface area contributed by atoms with Gasteiger partial charge in [0.25, 0.3) is 0 Å². The molecule has 2 rings (SSSR count). The fraction of sp³-hybridized carbons (Fsp3) is 0.588. The highest BCUT2D eigenvalue weighted by atomic mass is 35.5. The molecule has 0 aliphatic heterocycles. The predicted octanol–water partition coefficient (Wildman–Crippen LogP) is 3.19. The fourth-order valence-corrected chi connectivity index (χ4v) is 2.97. The maximum atomic E-state index is 12.5. The van der Waals surface area contributed by atoms with Crippen LogP contribution in [0, 0.1) is 26.7 Å². The van der Waals surface area contributed by atoms with E-state index in [0.29, 0.717) is 11.6 Å². The Morgan fingerprint density at radius 2 is 1.92 bits per heavy atom. The average Bonchev–Trinajstić information content (AvgIpc) is 3.02. The summed E-state index contributed by atoms with van der Waals surface area (Å²) in [4.78, 5) is 12.5. The van der Waals surface area contributed by atoms with Crippen molar-refractivity contribution in [3.8, 4) is 0 Å². The van der Waals surface area contributed by atoms with Crippen LogP contribution in [0.5, 0.6) is 0 Å². The Kier molecular flexibility index (Phi) is 5.70. The number of hydrogen-bond donors (Lipinski definition) is 1. The Balaban J connectivity index is 2.02. The second-order valence-electron chi connectivity index (χ2n) is 6.30. The second-order valence-corrected chi connectivity index (χ2v) is 6.68. The third-order valence-corrected chi connectivity index (χ3v) is 5.00. The summed E-state index contributed by atoms with van der Waals surface area (Å²) in [5, 5.41) is 12.5. The van der Waals surface area contributed by atoms with E-state index in [1.54, 1.807) is 4.68 Å². The van der Waals surface area contributed by atoms with Gasteiger partial charge in [0.05, 0.1) is 41.1 Å². The second kappa shape index (κ2) is 7.38. The fourth-order valence-electron chi connectivity index (χ4n) is 2.83. The topological polar surface area (TPSA) is 64.7 Å². The van der Waals surface area contributed by atoms with Gasteiger partial charge in [0, 0.05) is 17.8 Å². The van der Waals surface area contributed by atoms with Crippen LogP contribution in [-0.2, 0) is 17.9 Å². The first-order valence-corrected chi connectivity index (χ1v) is 8.66. The van der Waals surface area contributed by atoms with Crippen molar-refractivity contribution in [2.45, 2.75) is 60.7 Å². The molecule has 2 atom stereocenters. The van der Waals surface area contributed by atoms with Crippen molar-refractivity contribution in [2.75, 3.05) is 0 Å². The molecule has 7 heteroatoms. The van der Waals surface area contributed by atoms with Crippen molar-refractivity contribution < 1.29 is 4.79 Å². The summed E-state index contributed by atoms with van der Waals surface area (Å²) in [7, 11) is 0. The molecule has 0 spiro atoms. The number of nitrogens with one attached hydrogen (secondary N) is 1. The first-order valence-electron chi connectivity index (χ1n) is 8.28. The van der Waals surface area contributed by atoms with Crippen molar-refractivity contribution in [1.82, 2.24) is 24.9 Å². The van der Waals surface area contributed by atoms with E-state index in [1.165, 1.54) is 0 Å². The molecular weight excluding hydrogens is 326 g/mol. The zero-order valence-corrected chi connectivity index (χ0v) is 16.0. The van der Waals surface area contributed by atoms with E-state index < -0.39 is 0 Å². The Labute approximate surface area is 148 Å². The third-order valence-electron chi connectivity index (χ3n) is 4.45. The number of carbonyl (C=O) groups excluding carboxylic acids is 1. The van der Waals surface area contributed by atoms with Gasteiger partial charge >= 0.3 is 0 Å². The van der Waals surface area contributed by atoms with Crippen LogP contribution in [0.15, 0.2) is 6.20 Å². The molecule has 0 saturated carbocycles. The first kappa shape index (κ1) is 18.5. The summed E-state index contributed by atoms with van der Waals surface area (Å²) in [5.41, 5.74) is 3.81. The van der Waals surface area contributed by atoms with E-state index in [-0.39, 0.29) is 17.9 Å². The number of hydrogen-bond acceptors (Lipinski definition) is 3. The van der Waals surface area contributed by atoms with Crippen molar-refractivity contribution in [1.29, 1.82) is 0 Å². The summed E-state index contributed by atoms with van der Waals surface area (Å²) in [6.07, 6.45) is 1.83. The quantitative estimate of drug-likeness (QED) is 0.869. The van der Waals surface area contributed by atoms with E-state index in [2.05, 4.69) is 22.4 Å². The molecule has 2 aromatic heterocycles. The van der Waals surface area contributed by atoms with Crippen molar-refractivity contribution in [3.63, 3.8) is 0 Å². The molecule has 6 nitrogen and oxygen atoms in total. The normalized spacial score (nSPS) is 13.8. The SMILES string of the molecule is CCn1ncc(C(C)NC(=O)C(C)Cn2nc(C)c(Cl)c2C)c1C. The van der Waals surface area contributed by atoms with Crippen molar-refractivity contribution in [2.24, 2.45) is 5.92 Å². The summed E-state index contributed by atoms with van der Waals surface area (Å²) in [6.45, 7) is 13.1. The van der Waals surface area contributed by atoms with E-state index in [0.717, 1.165) is 29.2 Å². The van der Waals surface area contributed by atoms with Gasteiger partial charge < -0.3 is 5.32 Å². The predicted molar refractivity (Wildman–Crippen MR) is 95.1 cm³/mol. The summed E-state index contributed by atoms with van der Waals surface area (Å²) in [6, 6.07) is -0.0794. The minimum atomic E-state index is -0.206. The Bertz CT molecular complexity index is 734. The van der Waals surface area contributed by atoms with E-state index in [9.17, 15) is 4.79 Å². The van der Waals surface area contributed by atoms with Gasteiger partial charge in [-0.1, -0.05) is 18.5 Å². The maximum Gasteiger partial charge on any atom is 0.225 e. The van der Waals surface area contributed by atoms with Gasteiger partial charge in [-0.05, 0) is 34.6 Å². The molecule has 0 aliphatic rings. The summed E-state index contributed by atoms with van der Waals surface area (Å²) in [5.74, 6) is -0.210. The molecule has 2 heterocycles. The van der Waals surface area contributed by atoms with Gasteiger partial charge in [0.15, 0.2) is 0 Å². The van der Waals surface area contributed by atoms with E-state index in [4.69, 9.17) is 11.6 Å². The van der Waals surface area contributed by atoms with Crippen LogP contribution in [0.3, 0.4) is 0 Å². The lowest BCUT2D eigenvalue weighted by atomic mass is 10.1. The highest BCUT2D eigenvalue weighted by Gasteiger charge is 2.21. The number of rotatable bonds is 6. The van der Waals surface area contributed by atoms with Crippen LogP contribution in [-0.4, -0.2) is 25.5 Å². The van der Waals surface area contributed by atoms with Crippen LogP contribution in [0.25, 0.3) is 0 Å². The molecule has 2 unspecified atom stereocenters. The highest BCUT2D eigenvalue weighted by molar-refractivity contribution is 6.31. The number of nitrogens with zero attached hydrogens (tertiary/aromatic N) is 4. The van der Waals surface area contributed by atoms with E-state index in [1.807, 2.05) is 45.5 Å². The van der Waals surface area contributed by atoms with Crippen molar-refractivity contribution in [3.05, 3.63) is 33.9 Å². The lowest BCUT2D eigenvalue weighted by Gasteiger charge is -2.18. The van der Waals surface area contributed by atoms with Gasteiger partial charge in [-0.3, -0.25) is 14.2 Å². The molecule has 24 heavy (non-hydrogen) atoms. The van der Waals surface area contributed by atoms with E-state index >= 15 is 0 Å². The first-order chi connectivity index (χ1) is 11.3. The Hall–Kier alpha value is -1.82. The average molecular weight is 352 g/mol. The smallest absolute Gasteiger partial charge is 0.225 e. The van der Waals surface area contributed by atoms with Gasteiger partial charge in [0.2, 0.25) is 5.91 Å². The number of aryl methyl sites for hydroxylation is 2. The van der Waals surface area contributed by atoms with Gasteiger partial charge in [-0.2, -0.15) is 10.2 Å². The minimum absolute atomic E-state index is 0.00479. The highest BCUT2D eigenvalue weighted by Crippen LogP contribution is 2.21. The molecule has 0 aromatic carbocycles.